The number of nitrogens with one attached hydrogen (secondary N) is 1. The second kappa shape index (κ2) is 11.6. The summed E-state index contributed by atoms with van der Waals surface area (Å²) in [6.07, 6.45) is -1.42. The van der Waals surface area contributed by atoms with Crippen LogP contribution in [-0.2, 0) is 15.7 Å². The molecule has 4 rings (SSSR count). The van der Waals surface area contributed by atoms with Crippen LogP contribution in [0.15, 0.2) is 48.8 Å². The molecule has 3 heterocycles. The van der Waals surface area contributed by atoms with Crippen LogP contribution in [0.25, 0.3) is 11.1 Å². The minimum absolute atomic E-state index is 0.106. The number of hydrogen-bond acceptors (Lipinski definition) is 7. The van der Waals surface area contributed by atoms with E-state index < -0.39 is 17.6 Å². The molecule has 0 atom stereocenters. The average molecular weight is 517 g/mol. The number of hydrogen-bond donors (Lipinski definition) is 1. The van der Waals surface area contributed by atoms with Crippen molar-refractivity contribution in [3.63, 3.8) is 0 Å². The molecule has 1 aliphatic rings. The SMILES string of the molecule is COCCOc1ncc(-c2cc(NC(=O)c3cccc(C(F)(F)F)c3)cnc2C)cc1N1CCOCC1. The van der Waals surface area contributed by atoms with Gasteiger partial charge in [-0.1, -0.05) is 6.07 Å². The fourth-order valence-electron chi connectivity index (χ4n) is 3.89. The van der Waals surface area contributed by atoms with E-state index in [9.17, 15) is 18.0 Å². The van der Waals surface area contributed by atoms with Crippen LogP contribution < -0.4 is 15.0 Å². The Labute approximate surface area is 212 Å². The van der Waals surface area contributed by atoms with Gasteiger partial charge in [-0.3, -0.25) is 9.78 Å². The number of morpholine rings is 1. The largest absolute Gasteiger partial charge is 0.474 e. The smallest absolute Gasteiger partial charge is 0.416 e. The van der Waals surface area contributed by atoms with Crippen molar-refractivity contribution in [2.45, 2.75) is 13.1 Å². The Morgan fingerprint density at radius 3 is 2.62 bits per heavy atom. The molecule has 11 heteroatoms. The molecule has 8 nitrogen and oxygen atoms in total. The van der Waals surface area contributed by atoms with Gasteiger partial charge in [-0.15, -0.1) is 0 Å². The summed E-state index contributed by atoms with van der Waals surface area (Å²) in [6, 6.07) is 7.94. The molecular weight excluding hydrogens is 489 g/mol. The molecule has 0 aliphatic carbocycles. The first-order valence-corrected chi connectivity index (χ1v) is 11.7. The number of pyridine rings is 2. The van der Waals surface area contributed by atoms with Crippen molar-refractivity contribution in [2.75, 3.05) is 56.8 Å². The number of ether oxygens (including phenoxy) is 3. The minimum Gasteiger partial charge on any atom is -0.474 e. The molecular formula is C26H27F3N4O4. The van der Waals surface area contributed by atoms with Crippen molar-refractivity contribution in [2.24, 2.45) is 0 Å². The minimum atomic E-state index is -4.54. The topological polar surface area (TPSA) is 85.8 Å². The van der Waals surface area contributed by atoms with Gasteiger partial charge in [0.05, 0.1) is 37.3 Å². The van der Waals surface area contributed by atoms with Gasteiger partial charge in [-0.25, -0.2) is 4.98 Å². The predicted molar refractivity (Wildman–Crippen MR) is 132 cm³/mol. The molecule has 1 saturated heterocycles. The van der Waals surface area contributed by atoms with Gasteiger partial charge in [-0.2, -0.15) is 13.2 Å². The van der Waals surface area contributed by atoms with E-state index >= 15 is 0 Å². The van der Waals surface area contributed by atoms with Crippen molar-refractivity contribution in [1.82, 2.24) is 9.97 Å². The van der Waals surface area contributed by atoms with Crippen molar-refractivity contribution in [3.8, 4) is 17.0 Å². The quantitative estimate of drug-likeness (QED) is 0.439. The molecule has 1 N–H and O–H groups in total. The second-order valence-corrected chi connectivity index (χ2v) is 8.38. The Hall–Kier alpha value is -3.70. The predicted octanol–water partition coefficient (Wildman–Crippen LogP) is 4.58. The third kappa shape index (κ3) is 6.55. The molecule has 3 aromatic rings. The van der Waals surface area contributed by atoms with Gasteiger partial charge in [0.2, 0.25) is 5.88 Å². The third-order valence-electron chi connectivity index (χ3n) is 5.82. The number of methoxy groups -OCH3 is 1. The van der Waals surface area contributed by atoms with E-state index in [0.29, 0.717) is 62.3 Å². The van der Waals surface area contributed by atoms with Crippen LogP contribution in [0.1, 0.15) is 21.6 Å². The van der Waals surface area contributed by atoms with Crippen LogP contribution in [0.3, 0.4) is 0 Å². The number of aromatic nitrogens is 2. The summed E-state index contributed by atoms with van der Waals surface area (Å²) in [5, 5.41) is 2.64. The first-order chi connectivity index (χ1) is 17.8. The lowest BCUT2D eigenvalue weighted by Gasteiger charge is -2.30. The van der Waals surface area contributed by atoms with E-state index in [4.69, 9.17) is 14.2 Å². The summed E-state index contributed by atoms with van der Waals surface area (Å²) in [6.45, 7) is 5.11. The summed E-state index contributed by atoms with van der Waals surface area (Å²) < 4.78 is 55.5. The van der Waals surface area contributed by atoms with Gasteiger partial charge in [0.15, 0.2) is 0 Å². The summed E-state index contributed by atoms with van der Waals surface area (Å²) in [5.74, 6) is -0.195. The first-order valence-electron chi connectivity index (χ1n) is 11.7. The molecule has 1 fully saturated rings. The number of alkyl halides is 3. The maximum Gasteiger partial charge on any atom is 0.416 e. The van der Waals surface area contributed by atoms with Gasteiger partial charge >= 0.3 is 6.18 Å². The summed E-state index contributed by atoms with van der Waals surface area (Å²) >= 11 is 0. The van der Waals surface area contributed by atoms with Crippen LogP contribution in [0.4, 0.5) is 24.5 Å². The molecule has 1 aliphatic heterocycles. The first kappa shape index (κ1) is 26.4. The molecule has 1 amide bonds. The molecule has 196 valence electrons. The van der Waals surface area contributed by atoms with E-state index in [-0.39, 0.29) is 5.56 Å². The Morgan fingerprint density at radius 1 is 1.11 bits per heavy atom. The fourth-order valence-corrected chi connectivity index (χ4v) is 3.89. The van der Waals surface area contributed by atoms with E-state index in [0.717, 1.165) is 23.4 Å². The number of amides is 1. The maximum absolute atomic E-state index is 13.1. The zero-order chi connectivity index (χ0) is 26.4. The number of nitrogens with zero attached hydrogens (tertiary/aromatic N) is 3. The normalized spacial score (nSPS) is 13.9. The van der Waals surface area contributed by atoms with Crippen LogP contribution in [0, 0.1) is 6.92 Å². The summed E-state index contributed by atoms with van der Waals surface area (Å²) in [7, 11) is 1.59. The fraction of sp³-hybridized carbons (Fsp3) is 0.346. The van der Waals surface area contributed by atoms with Crippen molar-refractivity contribution >= 4 is 17.3 Å². The zero-order valence-electron chi connectivity index (χ0n) is 20.5. The lowest BCUT2D eigenvalue weighted by Crippen LogP contribution is -2.36. The van der Waals surface area contributed by atoms with Gasteiger partial charge in [-0.05, 0) is 37.3 Å². The second-order valence-electron chi connectivity index (χ2n) is 8.38. The lowest BCUT2D eigenvalue weighted by molar-refractivity contribution is -0.137. The van der Waals surface area contributed by atoms with Crippen LogP contribution in [0.5, 0.6) is 5.88 Å². The van der Waals surface area contributed by atoms with Crippen molar-refractivity contribution < 1.29 is 32.2 Å². The molecule has 0 spiro atoms. The molecule has 1 aromatic carbocycles. The van der Waals surface area contributed by atoms with Gasteiger partial charge in [0.1, 0.15) is 12.3 Å². The summed E-state index contributed by atoms with van der Waals surface area (Å²) in [5.41, 5.74) is 2.31. The number of carbonyl (C=O) groups is 1. The van der Waals surface area contributed by atoms with Gasteiger partial charge in [0, 0.05) is 48.8 Å². The standard InChI is InChI=1S/C26H27F3N4O4/c1-17-22(14-21(16-30-17)32-24(34)18-4-3-5-20(12-18)26(27,28)29)19-13-23(33-6-8-36-9-7-33)25(31-15-19)37-11-10-35-2/h3-5,12-16H,6-11H2,1-2H3,(H,32,34). The third-order valence-corrected chi connectivity index (χ3v) is 5.82. The average Bonchev–Trinajstić information content (AvgIpc) is 2.90. The van der Waals surface area contributed by atoms with Crippen molar-refractivity contribution in [3.05, 3.63) is 65.6 Å². The highest BCUT2D eigenvalue weighted by Gasteiger charge is 2.31. The highest BCUT2D eigenvalue weighted by Crippen LogP contribution is 2.34. The molecule has 2 aromatic heterocycles. The van der Waals surface area contributed by atoms with Crippen LogP contribution in [-0.4, -0.2) is 62.5 Å². The zero-order valence-corrected chi connectivity index (χ0v) is 20.5. The number of rotatable bonds is 8. The molecule has 37 heavy (non-hydrogen) atoms. The molecule has 0 unspecified atom stereocenters. The van der Waals surface area contributed by atoms with Crippen LogP contribution >= 0.6 is 0 Å². The number of halogens is 3. The number of anilines is 2. The molecule has 0 saturated carbocycles. The van der Waals surface area contributed by atoms with Gasteiger partial charge < -0.3 is 24.4 Å². The Balaban J connectivity index is 1.61. The highest BCUT2D eigenvalue weighted by molar-refractivity contribution is 6.04. The maximum atomic E-state index is 13.1. The van der Waals surface area contributed by atoms with E-state index in [2.05, 4.69) is 20.2 Å². The van der Waals surface area contributed by atoms with Crippen molar-refractivity contribution in [1.29, 1.82) is 0 Å². The van der Waals surface area contributed by atoms with E-state index in [1.807, 2.05) is 13.0 Å². The molecule has 0 bridgehead atoms. The summed E-state index contributed by atoms with van der Waals surface area (Å²) in [4.78, 5) is 23.7. The lowest BCUT2D eigenvalue weighted by atomic mass is 10.0. The Bertz CT molecular complexity index is 1250. The van der Waals surface area contributed by atoms with Gasteiger partial charge in [0.25, 0.3) is 5.91 Å². The van der Waals surface area contributed by atoms with Crippen LogP contribution in [0.2, 0.25) is 0 Å². The van der Waals surface area contributed by atoms with E-state index in [1.165, 1.54) is 18.3 Å². The highest BCUT2D eigenvalue weighted by atomic mass is 19.4. The Morgan fingerprint density at radius 2 is 1.89 bits per heavy atom. The number of aryl methyl sites for hydroxylation is 1. The number of benzene rings is 1. The Kier molecular flexibility index (Phi) is 8.24. The number of carbonyl (C=O) groups excluding carboxylic acids is 1. The van der Waals surface area contributed by atoms with E-state index in [1.54, 1.807) is 19.4 Å². The monoisotopic (exact) mass is 516 g/mol. The molecule has 0 radical (unpaired) electrons.